The zero-order chi connectivity index (χ0) is 8.67. The number of hydrogen-bond acceptors (Lipinski definition) is 2. The molecule has 1 aromatic rings. The lowest BCUT2D eigenvalue weighted by Crippen LogP contribution is -1.95. The normalized spacial score (nSPS) is 19.4. The maximum atomic E-state index is 5.70. The van der Waals surface area contributed by atoms with E-state index < -0.39 is 0 Å². The molecule has 2 nitrogen and oxygen atoms in total. The van der Waals surface area contributed by atoms with Gasteiger partial charge in [-0.25, -0.2) is 0 Å². The molecule has 0 spiro atoms. The third-order valence-corrected chi connectivity index (χ3v) is 2.49. The van der Waals surface area contributed by atoms with Gasteiger partial charge in [0.15, 0.2) is 0 Å². The molecule has 1 fully saturated rings. The fraction of sp³-hybridized carbons (Fsp3) is 0.455. The molecule has 1 aliphatic carbocycles. The molecular formula is C11H12O2. The summed E-state index contributed by atoms with van der Waals surface area (Å²) in [6.07, 6.45) is 3.94. The predicted molar refractivity (Wildman–Crippen MR) is 49.3 cm³/mol. The van der Waals surface area contributed by atoms with Crippen LogP contribution in [0.4, 0.5) is 0 Å². The van der Waals surface area contributed by atoms with E-state index in [9.17, 15) is 0 Å². The van der Waals surface area contributed by atoms with Crippen LogP contribution in [0.15, 0.2) is 18.2 Å². The molecular weight excluding hydrogens is 164 g/mol. The van der Waals surface area contributed by atoms with E-state index in [1.54, 1.807) is 0 Å². The van der Waals surface area contributed by atoms with Crippen LogP contribution in [0, 0.1) is 0 Å². The largest absolute Gasteiger partial charge is 0.493 e. The van der Waals surface area contributed by atoms with Crippen molar-refractivity contribution in [1.82, 2.24) is 0 Å². The number of ether oxygens (including phenoxy) is 2. The Bertz CT molecular complexity index is 329. The van der Waals surface area contributed by atoms with Gasteiger partial charge in [0.2, 0.25) is 0 Å². The van der Waals surface area contributed by atoms with Gasteiger partial charge in [0.05, 0.1) is 12.7 Å². The minimum absolute atomic E-state index is 0.486. The van der Waals surface area contributed by atoms with Crippen LogP contribution in [-0.2, 0) is 6.42 Å². The molecule has 13 heavy (non-hydrogen) atoms. The highest BCUT2D eigenvalue weighted by molar-refractivity contribution is 5.42. The van der Waals surface area contributed by atoms with Crippen molar-refractivity contribution in [2.45, 2.75) is 25.4 Å². The van der Waals surface area contributed by atoms with Crippen LogP contribution in [0.25, 0.3) is 0 Å². The summed E-state index contributed by atoms with van der Waals surface area (Å²) in [5.41, 5.74) is 1.29. The Morgan fingerprint density at radius 2 is 2.23 bits per heavy atom. The van der Waals surface area contributed by atoms with Gasteiger partial charge < -0.3 is 9.47 Å². The van der Waals surface area contributed by atoms with Crippen molar-refractivity contribution >= 4 is 0 Å². The summed E-state index contributed by atoms with van der Waals surface area (Å²) in [6, 6.07) is 6.13. The lowest BCUT2D eigenvalue weighted by atomic mass is 10.2. The van der Waals surface area contributed by atoms with E-state index in [1.807, 2.05) is 12.1 Å². The first-order chi connectivity index (χ1) is 6.42. The number of hydrogen-bond donors (Lipinski definition) is 0. The Morgan fingerprint density at radius 1 is 1.31 bits per heavy atom. The van der Waals surface area contributed by atoms with Crippen LogP contribution in [0.3, 0.4) is 0 Å². The quantitative estimate of drug-likeness (QED) is 0.687. The fourth-order valence-electron chi connectivity index (χ4n) is 1.61. The zero-order valence-electron chi connectivity index (χ0n) is 7.45. The molecule has 68 valence electrons. The number of fused-ring (bicyclic) bond motifs is 1. The zero-order valence-corrected chi connectivity index (χ0v) is 7.45. The SMILES string of the molecule is c1cc2c(cc1OC1CC1)CCO2. The molecule has 1 aliphatic heterocycles. The second kappa shape index (κ2) is 2.66. The molecule has 0 N–H and O–H groups in total. The second-order valence-electron chi connectivity index (χ2n) is 3.69. The van der Waals surface area contributed by atoms with Crippen molar-refractivity contribution in [3.63, 3.8) is 0 Å². The average molecular weight is 176 g/mol. The van der Waals surface area contributed by atoms with Gasteiger partial charge in [-0.05, 0) is 31.0 Å². The molecule has 1 heterocycles. The topological polar surface area (TPSA) is 18.5 Å². The van der Waals surface area contributed by atoms with Gasteiger partial charge in [0, 0.05) is 12.0 Å². The van der Waals surface area contributed by atoms with E-state index in [1.165, 1.54) is 18.4 Å². The third kappa shape index (κ3) is 1.37. The maximum Gasteiger partial charge on any atom is 0.122 e. The molecule has 2 aliphatic rings. The first-order valence-corrected chi connectivity index (χ1v) is 4.84. The number of rotatable bonds is 2. The van der Waals surface area contributed by atoms with Gasteiger partial charge in [-0.15, -0.1) is 0 Å². The molecule has 0 radical (unpaired) electrons. The van der Waals surface area contributed by atoms with Gasteiger partial charge in [0.25, 0.3) is 0 Å². The van der Waals surface area contributed by atoms with E-state index >= 15 is 0 Å². The Morgan fingerprint density at radius 3 is 3.08 bits per heavy atom. The first-order valence-electron chi connectivity index (χ1n) is 4.84. The fourth-order valence-corrected chi connectivity index (χ4v) is 1.61. The van der Waals surface area contributed by atoms with Crippen LogP contribution in [0.5, 0.6) is 11.5 Å². The Hall–Kier alpha value is -1.18. The monoisotopic (exact) mass is 176 g/mol. The standard InChI is InChI=1S/C11H12O2/c1-2-9(1)13-10-3-4-11-8(7-10)5-6-12-11/h3-4,7,9H,1-2,5-6H2. The van der Waals surface area contributed by atoms with Gasteiger partial charge in [-0.3, -0.25) is 0 Å². The van der Waals surface area contributed by atoms with Gasteiger partial charge in [-0.1, -0.05) is 0 Å². The predicted octanol–water partition coefficient (Wildman–Crippen LogP) is 2.16. The summed E-state index contributed by atoms with van der Waals surface area (Å²) in [4.78, 5) is 0. The molecule has 0 aromatic heterocycles. The van der Waals surface area contributed by atoms with Gasteiger partial charge in [-0.2, -0.15) is 0 Å². The molecule has 0 unspecified atom stereocenters. The van der Waals surface area contributed by atoms with E-state index in [0.717, 1.165) is 24.5 Å². The average Bonchev–Trinajstić information content (AvgIpc) is 2.83. The van der Waals surface area contributed by atoms with Crippen molar-refractivity contribution in [1.29, 1.82) is 0 Å². The van der Waals surface area contributed by atoms with Gasteiger partial charge in [0.1, 0.15) is 11.5 Å². The molecule has 0 saturated heterocycles. The highest BCUT2D eigenvalue weighted by atomic mass is 16.5. The van der Waals surface area contributed by atoms with E-state index in [4.69, 9.17) is 9.47 Å². The molecule has 0 atom stereocenters. The van der Waals surface area contributed by atoms with E-state index in [0.29, 0.717) is 6.10 Å². The van der Waals surface area contributed by atoms with Crippen LogP contribution in [-0.4, -0.2) is 12.7 Å². The minimum Gasteiger partial charge on any atom is -0.493 e. The van der Waals surface area contributed by atoms with Crippen LogP contribution >= 0.6 is 0 Å². The summed E-state index contributed by atoms with van der Waals surface area (Å²) in [5.74, 6) is 2.04. The van der Waals surface area contributed by atoms with E-state index in [-0.39, 0.29) is 0 Å². The molecule has 0 bridgehead atoms. The minimum atomic E-state index is 0.486. The molecule has 3 rings (SSSR count). The molecule has 1 aromatic carbocycles. The van der Waals surface area contributed by atoms with Crippen molar-refractivity contribution < 1.29 is 9.47 Å². The lowest BCUT2D eigenvalue weighted by Gasteiger charge is -2.05. The Balaban J connectivity index is 1.86. The Labute approximate surface area is 77.5 Å². The second-order valence-corrected chi connectivity index (χ2v) is 3.69. The molecule has 0 amide bonds. The highest BCUT2D eigenvalue weighted by Crippen LogP contribution is 2.32. The Kier molecular flexibility index (Phi) is 1.48. The smallest absolute Gasteiger partial charge is 0.122 e. The van der Waals surface area contributed by atoms with Crippen LogP contribution < -0.4 is 9.47 Å². The molecule has 1 saturated carbocycles. The summed E-state index contributed by atoms with van der Waals surface area (Å²) < 4.78 is 11.1. The lowest BCUT2D eigenvalue weighted by molar-refractivity contribution is 0.302. The summed E-state index contributed by atoms with van der Waals surface area (Å²) in [5, 5.41) is 0. The molecule has 2 heteroatoms. The third-order valence-electron chi connectivity index (χ3n) is 2.49. The van der Waals surface area contributed by atoms with Crippen LogP contribution in [0.1, 0.15) is 18.4 Å². The first kappa shape index (κ1) is 7.25. The van der Waals surface area contributed by atoms with Crippen molar-refractivity contribution in [3.05, 3.63) is 23.8 Å². The maximum absolute atomic E-state index is 5.70. The summed E-state index contributed by atoms with van der Waals surface area (Å²) in [7, 11) is 0. The summed E-state index contributed by atoms with van der Waals surface area (Å²) in [6.45, 7) is 0.822. The van der Waals surface area contributed by atoms with Gasteiger partial charge >= 0.3 is 0 Å². The van der Waals surface area contributed by atoms with Crippen molar-refractivity contribution in [2.75, 3.05) is 6.61 Å². The summed E-state index contributed by atoms with van der Waals surface area (Å²) >= 11 is 0. The van der Waals surface area contributed by atoms with Crippen molar-refractivity contribution in [3.8, 4) is 11.5 Å². The van der Waals surface area contributed by atoms with Crippen LogP contribution in [0.2, 0.25) is 0 Å². The van der Waals surface area contributed by atoms with Crippen molar-refractivity contribution in [2.24, 2.45) is 0 Å². The highest BCUT2D eigenvalue weighted by Gasteiger charge is 2.24. The number of benzene rings is 1. The van der Waals surface area contributed by atoms with E-state index in [2.05, 4.69) is 6.07 Å².